The van der Waals surface area contributed by atoms with E-state index in [1.807, 2.05) is 6.92 Å². The highest BCUT2D eigenvalue weighted by Gasteiger charge is 2.39. The molecule has 3 rings (SSSR count). The van der Waals surface area contributed by atoms with Gasteiger partial charge in [-0.3, -0.25) is 0 Å². The van der Waals surface area contributed by atoms with Crippen molar-refractivity contribution in [3.05, 3.63) is 29.8 Å². The van der Waals surface area contributed by atoms with Crippen LogP contribution in [0.15, 0.2) is 24.3 Å². The molecule has 104 valence electrons. The lowest BCUT2D eigenvalue weighted by molar-refractivity contribution is 0.337. The van der Waals surface area contributed by atoms with E-state index < -0.39 is 0 Å². The normalized spacial score (nSPS) is 30.6. The van der Waals surface area contributed by atoms with Crippen LogP contribution in [0.5, 0.6) is 0 Å². The van der Waals surface area contributed by atoms with Crippen LogP contribution in [-0.2, 0) is 0 Å². The molecule has 2 heteroatoms. The van der Waals surface area contributed by atoms with Gasteiger partial charge in [0.25, 0.3) is 0 Å². The van der Waals surface area contributed by atoms with Crippen LogP contribution in [0.3, 0.4) is 0 Å². The molecule has 4 unspecified atom stereocenters. The molecule has 0 spiro atoms. The molecule has 0 aliphatic heterocycles. The zero-order valence-electron chi connectivity index (χ0n) is 12.2. The third-order valence-corrected chi connectivity index (χ3v) is 5.25. The second-order valence-electron chi connectivity index (χ2n) is 6.70. The van der Waals surface area contributed by atoms with E-state index in [9.17, 15) is 0 Å². The van der Waals surface area contributed by atoms with Gasteiger partial charge in [0.15, 0.2) is 0 Å². The Morgan fingerprint density at radius 1 is 1.21 bits per heavy atom. The molecule has 2 N–H and O–H groups in total. The van der Waals surface area contributed by atoms with Gasteiger partial charge in [0.1, 0.15) is 0 Å². The third kappa shape index (κ3) is 2.64. The van der Waals surface area contributed by atoms with Gasteiger partial charge in [-0.05, 0) is 61.6 Å². The smallest absolute Gasteiger partial charge is 0.0363 e. The van der Waals surface area contributed by atoms with Crippen molar-refractivity contribution >= 4 is 5.69 Å². The second-order valence-corrected chi connectivity index (χ2v) is 6.70. The molecule has 19 heavy (non-hydrogen) atoms. The fraction of sp³-hybridized carbons (Fsp3) is 0.647. The van der Waals surface area contributed by atoms with Crippen LogP contribution in [-0.4, -0.2) is 13.6 Å². The molecule has 0 saturated heterocycles. The van der Waals surface area contributed by atoms with E-state index in [1.165, 1.54) is 43.5 Å². The third-order valence-electron chi connectivity index (χ3n) is 5.25. The molecule has 2 saturated carbocycles. The molecular formula is C17H26N2. The van der Waals surface area contributed by atoms with E-state index in [0.717, 1.165) is 17.8 Å². The molecule has 0 heterocycles. The van der Waals surface area contributed by atoms with E-state index in [0.29, 0.717) is 0 Å². The van der Waals surface area contributed by atoms with Crippen molar-refractivity contribution in [2.75, 3.05) is 18.5 Å². The zero-order valence-corrected chi connectivity index (χ0v) is 12.2. The van der Waals surface area contributed by atoms with Crippen LogP contribution >= 0.6 is 0 Å². The minimum Gasteiger partial charge on any atom is -0.374 e. The number of nitrogens with zero attached hydrogens (tertiary/aromatic N) is 1. The lowest BCUT2D eigenvalue weighted by Crippen LogP contribution is -2.28. The molecule has 2 bridgehead atoms. The van der Waals surface area contributed by atoms with Crippen LogP contribution in [0.1, 0.15) is 44.2 Å². The summed E-state index contributed by atoms with van der Waals surface area (Å²) >= 11 is 0. The molecule has 1 aromatic carbocycles. The molecule has 1 aromatic rings. The predicted molar refractivity (Wildman–Crippen MR) is 81.3 cm³/mol. The molecule has 4 atom stereocenters. The van der Waals surface area contributed by atoms with Gasteiger partial charge in [-0.2, -0.15) is 0 Å². The molecule has 2 nitrogen and oxygen atoms in total. The maximum absolute atomic E-state index is 5.90. The minimum atomic E-state index is 0.130. The van der Waals surface area contributed by atoms with Crippen molar-refractivity contribution in [3.63, 3.8) is 0 Å². The zero-order chi connectivity index (χ0) is 13.4. The number of fused-ring (bicyclic) bond motifs is 2. The Morgan fingerprint density at radius 3 is 2.47 bits per heavy atom. The first kappa shape index (κ1) is 13.0. The number of nitrogens with two attached hydrogens (primary N) is 1. The molecule has 0 aromatic heterocycles. The summed E-state index contributed by atoms with van der Waals surface area (Å²) in [6.07, 6.45) is 5.94. The van der Waals surface area contributed by atoms with Gasteiger partial charge >= 0.3 is 0 Å². The standard InChI is InChI=1S/C17H26N2/c1-12(18)14-5-7-17(8-6-14)19(2)11-16-10-13-3-4-15(16)9-13/h5-8,12-13,15-16H,3-4,9-11,18H2,1-2H3. The molecule has 2 aliphatic rings. The van der Waals surface area contributed by atoms with Crippen molar-refractivity contribution in [1.82, 2.24) is 0 Å². The molecule has 0 radical (unpaired) electrons. The predicted octanol–water partition coefficient (Wildman–Crippen LogP) is 3.58. The highest BCUT2D eigenvalue weighted by atomic mass is 15.1. The Labute approximate surface area is 117 Å². The highest BCUT2D eigenvalue weighted by molar-refractivity contribution is 5.47. The average molecular weight is 258 g/mol. The first-order chi connectivity index (χ1) is 9.13. The summed E-state index contributed by atoms with van der Waals surface area (Å²) in [5.74, 6) is 2.98. The summed E-state index contributed by atoms with van der Waals surface area (Å²) in [7, 11) is 2.23. The average Bonchev–Trinajstić information content (AvgIpc) is 3.01. The lowest BCUT2D eigenvalue weighted by Gasteiger charge is -2.28. The van der Waals surface area contributed by atoms with E-state index >= 15 is 0 Å². The molecule has 2 aliphatic carbocycles. The van der Waals surface area contributed by atoms with Gasteiger partial charge in [0, 0.05) is 25.3 Å². The van der Waals surface area contributed by atoms with Gasteiger partial charge < -0.3 is 10.6 Å². The van der Waals surface area contributed by atoms with Gasteiger partial charge in [-0.15, -0.1) is 0 Å². The summed E-state index contributed by atoms with van der Waals surface area (Å²) < 4.78 is 0. The summed E-state index contributed by atoms with van der Waals surface area (Å²) in [5.41, 5.74) is 8.45. The van der Waals surface area contributed by atoms with Gasteiger partial charge in [-0.1, -0.05) is 18.6 Å². The van der Waals surface area contributed by atoms with Crippen molar-refractivity contribution in [2.45, 2.75) is 38.6 Å². The van der Waals surface area contributed by atoms with E-state index in [2.05, 4.69) is 36.2 Å². The topological polar surface area (TPSA) is 29.3 Å². The van der Waals surface area contributed by atoms with Crippen molar-refractivity contribution < 1.29 is 0 Å². The second kappa shape index (κ2) is 5.16. The highest BCUT2D eigenvalue weighted by Crippen LogP contribution is 2.48. The molecular weight excluding hydrogens is 232 g/mol. The van der Waals surface area contributed by atoms with E-state index in [4.69, 9.17) is 5.73 Å². The van der Waals surface area contributed by atoms with E-state index in [-0.39, 0.29) is 6.04 Å². The Hall–Kier alpha value is -1.02. The summed E-state index contributed by atoms with van der Waals surface area (Å²) in [5, 5.41) is 0. The Bertz CT molecular complexity index is 423. The Kier molecular flexibility index (Phi) is 3.53. The van der Waals surface area contributed by atoms with Gasteiger partial charge in [-0.25, -0.2) is 0 Å². The SMILES string of the molecule is CC(N)c1ccc(N(C)CC2CC3CCC2C3)cc1. The van der Waals surface area contributed by atoms with Crippen molar-refractivity contribution in [3.8, 4) is 0 Å². The number of benzene rings is 1. The van der Waals surface area contributed by atoms with Gasteiger partial charge in [0.2, 0.25) is 0 Å². The maximum Gasteiger partial charge on any atom is 0.0363 e. The quantitative estimate of drug-likeness (QED) is 0.894. The molecule has 2 fully saturated rings. The van der Waals surface area contributed by atoms with Crippen LogP contribution in [0.25, 0.3) is 0 Å². The number of hydrogen-bond acceptors (Lipinski definition) is 2. The van der Waals surface area contributed by atoms with Crippen LogP contribution in [0.2, 0.25) is 0 Å². The van der Waals surface area contributed by atoms with Crippen molar-refractivity contribution in [1.29, 1.82) is 0 Å². The summed E-state index contributed by atoms with van der Waals surface area (Å²) in [4.78, 5) is 2.43. The van der Waals surface area contributed by atoms with Crippen LogP contribution in [0.4, 0.5) is 5.69 Å². The Balaban J connectivity index is 1.62. The monoisotopic (exact) mass is 258 g/mol. The number of anilines is 1. The van der Waals surface area contributed by atoms with Crippen LogP contribution < -0.4 is 10.6 Å². The van der Waals surface area contributed by atoms with E-state index in [1.54, 1.807) is 0 Å². The first-order valence-corrected chi connectivity index (χ1v) is 7.70. The number of hydrogen-bond donors (Lipinski definition) is 1. The lowest BCUT2D eigenvalue weighted by atomic mass is 9.88. The van der Waals surface area contributed by atoms with Crippen molar-refractivity contribution in [2.24, 2.45) is 23.5 Å². The first-order valence-electron chi connectivity index (χ1n) is 7.70. The fourth-order valence-electron chi connectivity index (χ4n) is 4.09. The summed E-state index contributed by atoms with van der Waals surface area (Å²) in [6.45, 7) is 3.26. The fourth-order valence-corrected chi connectivity index (χ4v) is 4.09. The Morgan fingerprint density at radius 2 is 1.95 bits per heavy atom. The largest absolute Gasteiger partial charge is 0.374 e. The minimum absolute atomic E-state index is 0.130. The van der Waals surface area contributed by atoms with Crippen LogP contribution in [0, 0.1) is 17.8 Å². The van der Waals surface area contributed by atoms with Gasteiger partial charge in [0.05, 0.1) is 0 Å². The molecule has 0 amide bonds. The summed E-state index contributed by atoms with van der Waals surface area (Å²) in [6, 6.07) is 8.89. The number of rotatable bonds is 4. The maximum atomic E-state index is 5.90.